The predicted molar refractivity (Wildman–Crippen MR) is 71.0 cm³/mol. The molecule has 1 aromatic rings. The summed E-state index contributed by atoms with van der Waals surface area (Å²) in [5.74, 6) is -0.948. The third-order valence-corrected chi connectivity index (χ3v) is 2.38. The smallest absolute Gasteiger partial charge is 0.253 e. The van der Waals surface area contributed by atoms with Crippen LogP contribution in [0.25, 0.3) is 0 Å². The first kappa shape index (κ1) is 14.9. The number of anilines is 1. The minimum Gasteiger partial charge on any atom is -0.398 e. The van der Waals surface area contributed by atoms with Gasteiger partial charge in [0.2, 0.25) is 5.91 Å². The lowest BCUT2D eigenvalue weighted by Gasteiger charge is -2.09. The Bertz CT molecular complexity index is 475. The first-order chi connectivity index (χ1) is 8.90. The van der Waals surface area contributed by atoms with Gasteiger partial charge in [-0.2, -0.15) is 0 Å². The molecule has 0 atom stereocenters. The molecule has 0 aromatic heterocycles. The van der Waals surface area contributed by atoms with Crippen LogP contribution < -0.4 is 16.4 Å². The maximum Gasteiger partial charge on any atom is 0.253 e. The molecule has 0 saturated heterocycles. The summed E-state index contributed by atoms with van der Waals surface area (Å²) >= 11 is 0. The predicted octanol–water partition coefficient (Wildman–Crippen LogP) is 0.910. The van der Waals surface area contributed by atoms with Gasteiger partial charge >= 0.3 is 0 Å². The van der Waals surface area contributed by atoms with Crippen molar-refractivity contribution >= 4 is 17.5 Å². The van der Waals surface area contributed by atoms with E-state index in [0.717, 1.165) is 12.1 Å². The molecule has 1 rings (SSSR count). The maximum atomic E-state index is 12.8. The second kappa shape index (κ2) is 6.72. The number of hydrogen-bond acceptors (Lipinski definition) is 3. The van der Waals surface area contributed by atoms with Crippen LogP contribution in [0.3, 0.4) is 0 Å². The average molecular weight is 267 g/mol. The van der Waals surface area contributed by atoms with Crippen LogP contribution in [0, 0.1) is 11.7 Å². The van der Waals surface area contributed by atoms with Crippen molar-refractivity contribution in [1.82, 2.24) is 10.6 Å². The minimum absolute atomic E-state index is 0.0417. The molecule has 0 unspecified atom stereocenters. The number of carbonyl (C=O) groups excluding carboxylic acids is 2. The van der Waals surface area contributed by atoms with Gasteiger partial charge in [-0.3, -0.25) is 9.59 Å². The van der Waals surface area contributed by atoms with Gasteiger partial charge in [0.15, 0.2) is 0 Å². The zero-order valence-corrected chi connectivity index (χ0v) is 11.0. The number of rotatable bonds is 5. The van der Waals surface area contributed by atoms with Crippen LogP contribution in [0.15, 0.2) is 18.2 Å². The van der Waals surface area contributed by atoms with E-state index in [0.29, 0.717) is 12.5 Å². The van der Waals surface area contributed by atoms with E-state index in [1.165, 1.54) is 6.07 Å². The van der Waals surface area contributed by atoms with E-state index in [4.69, 9.17) is 5.73 Å². The van der Waals surface area contributed by atoms with E-state index in [-0.39, 0.29) is 23.7 Å². The lowest BCUT2D eigenvalue weighted by Crippen LogP contribution is -2.38. The van der Waals surface area contributed by atoms with Crippen molar-refractivity contribution in [2.24, 2.45) is 5.92 Å². The number of carbonyl (C=O) groups is 2. The highest BCUT2D eigenvalue weighted by Crippen LogP contribution is 2.12. The van der Waals surface area contributed by atoms with Gasteiger partial charge in [-0.15, -0.1) is 0 Å². The zero-order chi connectivity index (χ0) is 14.4. The van der Waals surface area contributed by atoms with Crippen molar-refractivity contribution in [3.8, 4) is 0 Å². The van der Waals surface area contributed by atoms with Crippen LogP contribution in [0.2, 0.25) is 0 Å². The van der Waals surface area contributed by atoms with E-state index in [1.54, 1.807) is 0 Å². The van der Waals surface area contributed by atoms with Crippen molar-refractivity contribution in [1.29, 1.82) is 0 Å². The average Bonchev–Trinajstić information content (AvgIpc) is 2.33. The van der Waals surface area contributed by atoms with E-state index in [2.05, 4.69) is 10.6 Å². The summed E-state index contributed by atoms with van der Waals surface area (Å²) in [7, 11) is 0. The molecule has 0 aliphatic rings. The Balaban J connectivity index is 2.49. The third-order valence-electron chi connectivity index (χ3n) is 2.38. The number of benzene rings is 1. The van der Waals surface area contributed by atoms with Crippen LogP contribution in [0.4, 0.5) is 10.1 Å². The Morgan fingerprint density at radius 1 is 1.32 bits per heavy atom. The SMILES string of the molecule is CC(C)CNC(=O)CNC(=O)c1ccc(F)cc1N. The molecule has 0 fully saturated rings. The Kier molecular flexibility index (Phi) is 5.29. The first-order valence-corrected chi connectivity index (χ1v) is 6.00. The number of nitrogen functional groups attached to an aromatic ring is 1. The molecule has 0 heterocycles. The summed E-state index contributed by atoms with van der Waals surface area (Å²) in [6.07, 6.45) is 0. The molecule has 104 valence electrons. The van der Waals surface area contributed by atoms with Gasteiger partial charge in [-0.25, -0.2) is 4.39 Å². The van der Waals surface area contributed by atoms with Crippen molar-refractivity contribution < 1.29 is 14.0 Å². The molecule has 0 aliphatic carbocycles. The van der Waals surface area contributed by atoms with Crippen molar-refractivity contribution in [2.45, 2.75) is 13.8 Å². The monoisotopic (exact) mass is 267 g/mol. The molecule has 4 N–H and O–H groups in total. The number of nitrogens with one attached hydrogen (secondary N) is 2. The number of amides is 2. The molecule has 2 amide bonds. The summed E-state index contributed by atoms with van der Waals surface area (Å²) in [6.45, 7) is 4.35. The third kappa shape index (κ3) is 4.95. The molecule has 0 bridgehead atoms. The van der Waals surface area contributed by atoms with Gasteiger partial charge in [0.25, 0.3) is 5.91 Å². The molecular weight excluding hydrogens is 249 g/mol. The second-order valence-corrected chi connectivity index (χ2v) is 4.61. The number of halogens is 1. The summed E-state index contributed by atoms with van der Waals surface area (Å²) < 4.78 is 12.8. The molecule has 19 heavy (non-hydrogen) atoms. The quantitative estimate of drug-likeness (QED) is 0.693. The normalized spacial score (nSPS) is 10.3. The molecule has 0 saturated carbocycles. The molecule has 5 nitrogen and oxygen atoms in total. The fourth-order valence-corrected chi connectivity index (χ4v) is 1.38. The molecular formula is C13H18FN3O2. The standard InChI is InChI=1S/C13H18FN3O2/c1-8(2)6-16-12(18)7-17-13(19)10-4-3-9(14)5-11(10)15/h3-5,8H,6-7,15H2,1-2H3,(H,16,18)(H,17,19). The van der Waals surface area contributed by atoms with Crippen LogP contribution in [0.1, 0.15) is 24.2 Å². The lowest BCUT2D eigenvalue weighted by molar-refractivity contribution is -0.120. The Morgan fingerprint density at radius 3 is 2.58 bits per heavy atom. The van der Waals surface area contributed by atoms with Gasteiger partial charge in [0.05, 0.1) is 12.1 Å². The van der Waals surface area contributed by atoms with Gasteiger partial charge in [-0.05, 0) is 24.1 Å². The van der Waals surface area contributed by atoms with E-state index < -0.39 is 11.7 Å². The molecule has 0 radical (unpaired) electrons. The summed E-state index contributed by atoms with van der Waals surface area (Å²) in [5, 5.41) is 5.10. The van der Waals surface area contributed by atoms with Crippen LogP contribution in [-0.4, -0.2) is 24.9 Å². The van der Waals surface area contributed by atoms with E-state index in [9.17, 15) is 14.0 Å². The van der Waals surface area contributed by atoms with Gasteiger partial charge in [-0.1, -0.05) is 13.8 Å². The van der Waals surface area contributed by atoms with Crippen LogP contribution in [0.5, 0.6) is 0 Å². The Morgan fingerprint density at radius 2 is 2.00 bits per heavy atom. The largest absolute Gasteiger partial charge is 0.398 e. The molecule has 0 aliphatic heterocycles. The number of nitrogens with two attached hydrogens (primary N) is 1. The lowest BCUT2D eigenvalue weighted by atomic mass is 10.1. The van der Waals surface area contributed by atoms with Crippen LogP contribution >= 0.6 is 0 Å². The first-order valence-electron chi connectivity index (χ1n) is 6.00. The van der Waals surface area contributed by atoms with Crippen molar-refractivity contribution in [3.05, 3.63) is 29.6 Å². The fraction of sp³-hybridized carbons (Fsp3) is 0.385. The highest BCUT2D eigenvalue weighted by atomic mass is 19.1. The highest BCUT2D eigenvalue weighted by molar-refractivity contribution is 6.00. The molecule has 1 aromatic carbocycles. The second-order valence-electron chi connectivity index (χ2n) is 4.61. The zero-order valence-electron chi connectivity index (χ0n) is 11.0. The molecule has 6 heteroatoms. The summed E-state index contributed by atoms with van der Waals surface area (Å²) in [6, 6.07) is 3.49. The number of hydrogen-bond donors (Lipinski definition) is 3. The Hall–Kier alpha value is -2.11. The van der Waals surface area contributed by atoms with Gasteiger partial charge in [0.1, 0.15) is 5.82 Å². The Labute approximate surface area is 111 Å². The van der Waals surface area contributed by atoms with Crippen LogP contribution in [-0.2, 0) is 4.79 Å². The highest BCUT2D eigenvalue weighted by Gasteiger charge is 2.11. The van der Waals surface area contributed by atoms with Crippen molar-refractivity contribution in [2.75, 3.05) is 18.8 Å². The van der Waals surface area contributed by atoms with Crippen molar-refractivity contribution in [3.63, 3.8) is 0 Å². The topological polar surface area (TPSA) is 84.2 Å². The maximum absolute atomic E-state index is 12.8. The summed E-state index contributed by atoms with van der Waals surface area (Å²) in [4.78, 5) is 23.1. The van der Waals surface area contributed by atoms with Gasteiger partial charge in [0, 0.05) is 12.2 Å². The van der Waals surface area contributed by atoms with Gasteiger partial charge < -0.3 is 16.4 Å². The van der Waals surface area contributed by atoms with E-state index in [1.807, 2.05) is 13.8 Å². The van der Waals surface area contributed by atoms with E-state index >= 15 is 0 Å². The summed E-state index contributed by atoms with van der Waals surface area (Å²) in [5.41, 5.74) is 5.72. The minimum atomic E-state index is -0.510. The fourth-order valence-electron chi connectivity index (χ4n) is 1.38. The molecule has 0 spiro atoms.